The highest BCUT2D eigenvalue weighted by molar-refractivity contribution is 5.36. The van der Waals surface area contributed by atoms with E-state index in [2.05, 4.69) is 15.0 Å². The number of non-ortho nitro benzene ring substituents is 1. The minimum atomic E-state index is -0.412. The minimum absolute atomic E-state index is 0.0718. The zero-order valence-corrected chi connectivity index (χ0v) is 14.4. The molecule has 2 heterocycles. The van der Waals surface area contributed by atoms with E-state index in [9.17, 15) is 10.1 Å². The number of nitro benzene ring substituents is 1. The van der Waals surface area contributed by atoms with Crippen molar-refractivity contribution in [2.24, 2.45) is 0 Å². The number of nitrogens with zero attached hydrogens (tertiary/aromatic N) is 4. The van der Waals surface area contributed by atoms with Crippen molar-refractivity contribution < 1.29 is 14.2 Å². The molecule has 0 aliphatic carbocycles. The quantitative estimate of drug-likeness (QED) is 0.585. The largest absolute Gasteiger partial charge is 0.490 e. The monoisotopic (exact) mass is 346 g/mol. The van der Waals surface area contributed by atoms with Crippen LogP contribution in [-0.4, -0.2) is 39.2 Å². The van der Waals surface area contributed by atoms with Gasteiger partial charge in [-0.2, -0.15) is 4.98 Å². The molecule has 0 N–H and O–H groups in total. The van der Waals surface area contributed by atoms with Crippen molar-refractivity contribution in [2.75, 3.05) is 13.1 Å². The highest BCUT2D eigenvalue weighted by Crippen LogP contribution is 2.22. The van der Waals surface area contributed by atoms with Crippen molar-refractivity contribution >= 4 is 5.69 Å². The summed E-state index contributed by atoms with van der Waals surface area (Å²) in [5.74, 6) is 2.32. The molecule has 2 aromatic rings. The number of ether oxygens (including phenoxy) is 1. The van der Waals surface area contributed by atoms with Gasteiger partial charge in [0, 0.05) is 31.1 Å². The first-order valence-electron chi connectivity index (χ1n) is 8.47. The van der Waals surface area contributed by atoms with Gasteiger partial charge in [0.1, 0.15) is 11.9 Å². The van der Waals surface area contributed by atoms with Gasteiger partial charge in [0.15, 0.2) is 5.82 Å². The Morgan fingerprint density at radius 1 is 1.32 bits per heavy atom. The summed E-state index contributed by atoms with van der Waals surface area (Å²) in [6.07, 6.45) is 1.90. The SMILES string of the molecule is CC(C)c1noc(CN2CCC(Oc3ccc([N+](=O)[O-])cc3)CC2)n1. The molecule has 8 nitrogen and oxygen atoms in total. The Balaban J connectivity index is 1.47. The van der Waals surface area contributed by atoms with E-state index in [1.165, 1.54) is 12.1 Å². The molecule has 1 saturated heterocycles. The number of nitro groups is 1. The van der Waals surface area contributed by atoms with E-state index in [0.29, 0.717) is 18.2 Å². The number of rotatable bonds is 6. The van der Waals surface area contributed by atoms with E-state index in [1.54, 1.807) is 12.1 Å². The fraction of sp³-hybridized carbons (Fsp3) is 0.529. The van der Waals surface area contributed by atoms with Crippen molar-refractivity contribution in [1.82, 2.24) is 15.0 Å². The maximum atomic E-state index is 10.7. The van der Waals surface area contributed by atoms with Crippen LogP contribution in [0.3, 0.4) is 0 Å². The highest BCUT2D eigenvalue weighted by Gasteiger charge is 2.22. The van der Waals surface area contributed by atoms with Crippen LogP contribution in [0, 0.1) is 10.1 Å². The zero-order valence-electron chi connectivity index (χ0n) is 14.4. The third-order valence-electron chi connectivity index (χ3n) is 4.24. The third kappa shape index (κ3) is 4.54. The number of aromatic nitrogens is 2. The Labute approximate surface area is 145 Å². The fourth-order valence-electron chi connectivity index (χ4n) is 2.78. The molecule has 1 fully saturated rings. The second-order valence-corrected chi connectivity index (χ2v) is 6.55. The number of hydrogen-bond donors (Lipinski definition) is 0. The van der Waals surface area contributed by atoms with Gasteiger partial charge in [-0.25, -0.2) is 0 Å². The lowest BCUT2D eigenvalue weighted by molar-refractivity contribution is -0.384. The standard InChI is InChI=1S/C17H22N4O4/c1-12(2)17-18-16(25-19-17)11-20-9-7-15(8-10-20)24-14-5-3-13(4-6-14)21(22)23/h3-6,12,15H,7-11H2,1-2H3. The molecule has 8 heteroatoms. The van der Waals surface area contributed by atoms with Crippen molar-refractivity contribution in [3.63, 3.8) is 0 Å². The van der Waals surface area contributed by atoms with E-state index in [0.717, 1.165) is 31.8 Å². The van der Waals surface area contributed by atoms with Crippen LogP contribution in [0.25, 0.3) is 0 Å². The van der Waals surface area contributed by atoms with Crippen LogP contribution in [0.2, 0.25) is 0 Å². The average Bonchev–Trinajstić information content (AvgIpc) is 3.06. The summed E-state index contributed by atoms with van der Waals surface area (Å²) in [4.78, 5) is 16.9. The summed E-state index contributed by atoms with van der Waals surface area (Å²) in [6, 6.07) is 6.23. The number of hydrogen-bond acceptors (Lipinski definition) is 7. The summed E-state index contributed by atoms with van der Waals surface area (Å²) in [7, 11) is 0. The molecule has 0 saturated carbocycles. The fourth-order valence-corrected chi connectivity index (χ4v) is 2.78. The zero-order chi connectivity index (χ0) is 17.8. The molecule has 0 unspecified atom stereocenters. The average molecular weight is 346 g/mol. The van der Waals surface area contributed by atoms with E-state index < -0.39 is 4.92 Å². The van der Waals surface area contributed by atoms with Gasteiger partial charge in [-0.1, -0.05) is 19.0 Å². The lowest BCUT2D eigenvalue weighted by atomic mass is 10.1. The molecule has 1 aromatic heterocycles. The van der Waals surface area contributed by atoms with Crippen molar-refractivity contribution in [1.29, 1.82) is 0 Å². The lowest BCUT2D eigenvalue weighted by Crippen LogP contribution is -2.37. The molecule has 0 atom stereocenters. The summed E-state index contributed by atoms with van der Waals surface area (Å²) in [5, 5.41) is 14.7. The van der Waals surface area contributed by atoms with Gasteiger partial charge in [0.25, 0.3) is 5.69 Å². The summed E-state index contributed by atoms with van der Waals surface area (Å²) in [5.41, 5.74) is 0.0718. The van der Waals surface area contributed by atoms with Crippen LogP contribution < -0.4 is 4.74 Å². The summed E-state index contributed by atoms with van der Waals surface area (Å²) >= 11 is 0. The van der Waals surface area contributed by atoms with Gasteiger partial charge in [-0.3, -0.25) is 15.0 Å². The van der Waals surface area contributed by atoms with Crippen LogP contribution in [0.1, 0.15) is 44.3 Å². The molecule has 134 valence electrons. The molecule has 0 bridgehead atoms. The Kier molecular flexibility index (Phi) is 5.28. The van der Waals surface area contributed by atoms with Gasteiger partial charge in [-0.15, -0.1) is 0 Å². The summed E-state index contributed by atoms with van der Waals surface area (Å²) < 4.78 is 11.2. The molecule has 25 heavy (non-hydrogen) atoms. The van der Waals surface area contributed by atoms with Crippen molar-refractivity contribution in [3.05, 3.63) is 46.1 Å². The third-order valence-corrected chi connectivity index (χ3v) is 4.24. The molecular formula is C17H22N4O4. The second-order valence-electron chi connectivity index (χ2n) is 6.55. The Hall–Kier alpha value is -2.48. The van der Waals surface area contributed by atoms with Crippen molar-refractivity contribution in [3.8, 4) is 5.75 Å². The molecule has 1 aliphatic rings. The second kappa shape index (κ2) is 7.60. The number of benzene rings is 1. The van der Waals surface area contributed by atoms with E-state index in [1.807, 2.05) is 13.8 Å². The number of piperidine rings is 1. The number of likely N-dealkylation sites (tertiary alicyclic amines) is 1. The van der Waals surface area contributed by atoms with Crippen molar-refractivity contribution in [2.45, 2.75) is 45.3 Å². The maximum Gasteiger partial charge on any atom is 0.269 e. The lowest BCUT2D eigenvalue weighted by Gasteiger charge is -2.31. The van der Waals surface area contributed by atoms with E-state index in [4.69, 9.17) is 9.26 Å². The Morgan fingerprint density at radius 2 is 2.00 bits per heavy atom. The topological polar surface area (TPSA) is 94.5 Å². The predicted octanol–water partition coefficient (Wildman–Crippen LogP) is 3.14. The molecule has 0 spiro atoms. The predicted molar refractivity (Wildman–Crippen MR) is 90.4 cm³/mol. The van der Waals surface area contributed by atoms with Gasteiger partial charge in [0.2, 0.25) is 5.89 Å². The van der Waals surface area contributed by atoms with Crippen LogP contribution in [0.15, 0.2) is 28.8 Å². The van der Waals surface area contributed by atoms with Crippen LogP contribution in [0.4, 0.5) is 5.69 Å². The van der Waals surface area contributed by atoms with Crippen LogP contribution >= 0.6 is 0 Å². The molecular weight excluding hydrogens is 324 g/mol. The van der Waals surface area contributed by atoms with E-state index >= 15 is 0 Å². The highest BCUT2D eigenvalue weighted by atomic mass is 16.6. The normalized spacial score (nSPS) is 16.3. The van der Waals surface area contributed by atoms with Crippen LogP contribution in [0.5, 0.6) is 5.75 Å². The molecule has 0 amide bonds. The molecule has 1 aliphatic heterocycles. The Bertz CT molecular complexity index is 706. The first kappa shape index (κ1) is 17.3. The van der Waals surface area contributed by atoms with Gasteiger partial charge in [-0.05, 0) is 25.0 Å². The molecule has 1 aromatic carbocycles. The van der Waals surface area contributed by atoms with Gasteiger partial charge >= 0.3 is 0 Å². The maximum absolute atomic E-state index is 10.7. The van der Waals surface area contributed by atoms with Gasteiger partial charge < -0.3 is 9.26 Å². The van der Waals surface area contributed by atoms with Gasteiger partial charge in [0.05, 0.1) is 11.5 Å². The molecule has 0 radical (unpaired) electrons. The minimum Gasteiger partial charge on any atom is -0.490 e. The first-order chi connectivity index (χ1) is 12.0. The molecule has 3 rings (SSSR count). The summed E-state index contributed by atoms with van der Waals surface area (Å²) in [6.45, 7) is 6.50. The van der Waals surface area contributed by atoms with E-state index in [-0.39, 0.29) is 17.7 Å². The Morgan fingerprint density at radius 3 is 2.56 bits per heavy atom. The van der Waals surface area contributed by atoms with Crippen LogP contribution in [-0.2, 0) is 6.54 Å². The smallest absolute Gasteiger partial charge is 0.269 e. The first-order valence-corrected chi connectivity index (χ1v) is 8.47.